The Labute approximate surface area is 83.1 Å². The molecule has 0 aromatic heterocycles. The van der Waals surface area contributed by atoms with Crippen LogP contribution in [0.4, 0.5) is 0 Å². The van der Waals surface area contributed by atoms with Gasteiger partial charge in [0, 0.05) is 6.26 Å². The van der Waals surface area contributed by atoms with Crippen molar-refractivity contribution in [3.05, 3.63) is 36.4 Å². The molecule has 4 nitrogen and oxygen atoms in total. The summed E-state index contributed by atoms with van der Waals surface area (Å²) in [5.74, 6) is -2.10. The van der Waals surface area contributed by atoms with Gasteiger partial charge in [0.15, 0.2) is 9.84 Å². The molecule has 1 aromatic carbocycles. The molecule has 78 valence electrons. The van der Waals surface area contributed by atoms with E-state index in [-0.39, 0.29) is 0 Å². The van der Waals surface area contributed by atoms with Crippen LogP contribution < -0.4 is 0 Å². The van der Waals surface area contributed by atoms with Gasteiger partial charge >= 0.3 is 5.97 Å². The van der Waals surface area contributed by atoms with Crippen LogP contribution in [0.3, 0.4) is 0 Å². The predicted molar refractivity (Wildman–Crippen MR) is 53.8 cm³/mol. The van der Waals surface area contributed by atoms with Gasteiger partial charge in [-0.25, -0.2) is 8.42 Å². The SMILES string of the molecule is CS(=O)(=O)CC(=O)O.c1ccccc1. The zero-order valence-electron chi connectivity index (χ0n) is 7.75. The fraction of sp³-hybridized carbons (Fsp3) is 0.222. The molecule has 0 aliphatic rings. The third-order valence-corrected chi connectivity index (χ3v) is 1.82. The average molecular weight is 216 g/mol. The second kappa shape index (κ2) is 6.15. The standard InChI is InChI=1S/C6H6.C3H6O4S/c1-2-4-6-5-3-1;1-8(6,7)2-3(4)5/h1-6H;2H2,1H3,(H,4,5). The molecule has 0 heterocycles. The van der Waals surface area contributed by atoms with Crippen LogP contribution in [0.25, 0.3) is 0 Å². The number of sulfone groups is 1. The summed E-state index contributed by atoms with van der Waals surface area (Å²) in [5.41, 5.74) is 0. The molecule has 0 atom stereocenters. The minimum Gasteiger partial charge on any atom is -0.480 e. The van der Waals surface area contributed by atoms with Crippen LogP contribution in [0.1, 0.15) is 0 Å². The Morgan fingerprint density at radius 3 is 1.43 bits per heavy atom. The van der Waals surface area contributed by atoms with Gasteiger partial charge in [-0.05, 0) is 0 Å². The van der Waals surface area contributed by atoms with E-state index in [0.29, 0.717) is 0 Å². The van der Waals surface area contributed by atoms with E-state index in [4.69, 9.17) is 5.11 Å². The molecule has 1 rings (SSSR count). The number of hydrogen-bond donors (Lipinski definition) is 1. The molecule has 0 aliphatic carbocycles. The molecular weight excluding hydrogens is 204 g/mol. The van der Waals surface area contributed by atoms with Crippen LogP contribution in [-0.2, 0) is 14.6 Å². The molecule has 0 radical (unpaired) electrons. The van der Waals surface area contributed by atoms with E-state index in [1.165, 1.54) is 0 Å². The Hall–Kier alpha value is -1.36. The zero-order chi connectivity index (χ0) is 11.0. The van der Waals surface area contributed by atoms with Crippen molar-refractivity contribution in [2.75, 3.05) is 12.0 Å². The van der Waals surface area contributed by atoms with E-state index in [1.54, 1.807) is 0 Å². The molecule has 0 saturated carbocycles. The van der Waals surface area contributed by atoms with Crippen LogP contribution in [0.2, 0.25) is 0 Å². The van der Waals surface area contributed by atoms with Gasteiger partial charge in [0.05, 0.1) is 0 Å². The Morgan fingerprint density at radius 1 is 1.07 bits per heavy atom. The van der Waals surface area contributed by atoms with Crippen molar-refractivity contribution < 1.29 is 18.3 Å². The number of carboxylic acid groups (broad SMARTS) is 1. The smallest absolute Gasteiger partial charge is 0.318 e. The third-order valence-electron chi connectivity index (χ3n) is 1.05. The maximum atomic E-state index is 10.1. The van der Waals surface area contributed by atoms with Gasteiger partial charge in [0.2, 0.25) is 0 Å². The van der Waals surface area contributed by atoms with Crippen molar-refractivity contribution in [1.82, 2.24) is 0 Å². The number of hydrogen-bond acceptors (Lipinski definition) is 3. The highest BCUT2D eigenvalue weighted by atomic mass is 32.2. The molecule has 0 unspecified atom stereocenters. The molecule has 0 spiro atoms. The van der Waals surface area contributed by atoms with Crippen molar-refractivity contribution in [2.24, 2.45) is 0 Å². The first-order chi connectivity index (χ1) is 6.42. The minimum atomic E-state index is -3.32. The minimum absolute atomic E-state index is 0.785. The van der Waals surface area contributed by atoms with Crippen molar-refractivity contribution in [3.8, 4) is 0 Å². The van der Waals surface area contributed by atoms with Gasteiger partial charge in [-0.1, -0.05) is 36.4 Å². The Balaban J connectivity index is 0.000000249. The Kier molecular flexibility index (Phi) is 5.55. The molecule has 0 aliphatic heterocycles. The topological polar surface area (TPSA) is 71.4 Å². The summed E-state index contributed by atoms with van der Waals surface area (Å²) < 4.78 is 20.1. The number of benzene rings is 1. The molecule has 0 amide bonds. The second-order valence-corrected chi connectivity index (χ2v) is 4.76. The predicted octanol–water partition coefficient (Wildman–Crippen LogP) is 0.802. The summed E-state index contributed by atoms with van der Waals surface area (Å²) in [7, 11) is -3.32. The number of aliphatic carboxylic acids is 1. The van der Waals surface area contributed by atoms with Gasteiger partial charge in [0.1, 0.15) is 5.75 Å². The lowest BCUT2D eigenvalue weighted by molar-refractivity contribution is -0.134. The summed E-state index contributed by atoms with van der Waals surface area (Å²) >= 11 is 0. The highest BCUT2D eigenvalue weighted by molar-refractivity contribution is 7.91. The molecule has 5 heteroatoms. The summed E-state index contributed by atoms with van der Waals surface area (Å²) in [4.78, 5) is 9.64. The molecule has 14 heavy (non-hydrogen) atoms. The van der Waals surface area contributed by atoms with Crippen LogP contribution in [0, 0.1) is 0 Å². The molecular formula is C9H12O4S. The van der Waals surface area contributed by atoms with Gasteiger partial charge in [-0.2, -0.15) is 0 Å². The van der Waals surface area contributed by atoms with Crippen molar-refractivity contribution >= 4 is 15.8 Å². The average Bonchev–Trinajstić information content (AvgIpc) is 2.03. The van der Waals surface area contributed by atoms with Crippen LogP contribution >= 0.6 is 0 Å². The number of rotatable bonds is 2. The van der Waals surface area contributed by atoms with E-state index >= 15 is 0 Å². The van der Waals surface area contributed by atoms with Crippen molar-refractivity contribution in [3.63, 3.8) is 0 Å². The zero-order valence-corrected chi connectivity index (χ0v) is 8.57. The third kappa shape index (κ3) is 10.6. The highest BCUT2D eigenvalue weighted by Gasteiger charge is 2.06. The largest absolute Gasteiger partial charge is 0.480 e. The Bertz CT molecular complexity index is 329. The van der Waals surface area contributed by atoms with Crippen molar-refractivity contribution in [1.29, 1.82) is 0 Å². The molecule has 0 saturated heterocycles. The lowest BCUT2D eigenvalue weighted by atomic mass is 10.4. The summed E-state index contributed by atoms with van der Waals surface area (Å²) in [6, 6.07) is 12.0. The second-order valence-electron chi connectivity index (χ2n) is 2.62. The normalized spacial score (nSPS) is 9.79. The van der Waals surface area contributed by atoms with Gasteiger partial charge in [-0.15, -0.1) is 0 Å². The van der Waals surface area contributed by atoms with Crippen molar-refractivity contribution in [2.45, 2.75) is 0 Å². The van der Waals surface area contributed by atoms with Gasteiger partial charge < -0.3 is 5.11 Å². The lowest BCUT2D eigenvalue weighted by Gasteiger charge is -1.86. The first-order valence-electron chi connectivity index (χ1n) is 3.81. The van der Waals surface area contributed by atoms with E-state index in [0.717, 1.165) is 6.26 Å². The van der Waals surface area contributed by atoms with E-state index in [2.05, 4.69) is 0 Å². The van der Waals surface area contributed by atoms with E-state index in [1.807, 2.05) is 36.4 Å². The van der Waals surface area contributed by atoms with Gasteiger partial charge in [-0.3, -0.25) is 4.79 Å². The van der Waals surface area contributed by atoms with Gasteiger partial charge in [0.25, 0.3) is 0 Å². The molecule has 0 bridgehead atoms. The van der Waals surface area contributed by atoms with E-state index in [9.17, 15) is 13.2 Å². The molecule has 1 N–H and O–H groups in total. The van der Waals surface area contributed by atoms with Crippen LogP contribution in [0.15, 0.2) is 36.4 Å². The van der Waals surface area contributed by atoms with E-state index < -0.39 is 21.6 Å². The summed E-state index contributed by atoms with van der Waals surface area (Å²) in [5, 5.41) is 7.87. The summed E-state index contributed by atoms with van der Waals surface area (Å²) in [6.07, 6.45) is 0.876. The molecule has 0 fully saturated rings. The number of carboxylic acids is 1. The maximum Gasteiger partial charge on any atom is 0.318 e. The lowest BCUT2D eigenvalue weighted by Crippen LogP contribution is -2.12. The maximum absolute atomic E-state index is 10.1. The fourth-order valence-corrected chi connectivity index (χ4v) is 1.06. The fourth-order valence-electron chi connectivity index (χ4n) is 0.609. The summed E-state index contributed by atoms with van der Waals surface area (Å²) in [6.45, 7) is 0. The number of carbonyl (C=O) groups is 1. The van der Waals surface area contributed by atoms with Crippen LogP contribution in [0.5, 0.6) is 0 Å². The Morgan fingerprint density at radius 2 is 1.36 bits per heavy atom. The molecule has 1 aromatic rings. The monoisotopic (exact) mass is 216 g/mol. The first kappa shape index (κ1) is 12.6. The van der Waals surface area contributed by atoms with Crippen LogP contribution in [-0.4, -0.2) is 31.5 Å². The highest BCUT2D eigenvalue weighted by Crippen LogP contribution is 1.80. The first-order valence-corrected chi connectivity index (χ1v) is 5.87. The quantitative estimate of drug-likeness (QED) is 0.793.